The highest BCUT2D eigenvalue weighted by atomic mass is 16.5. The van der Waals surface area contributed by atoms with Crippen molar-refractivity contribution in [2.24, 2.45) is 11.3 Å². The van der Waals surface area contributed by atoms with Gasteiger partial charge in [0.05, 0.1) is 18.6 Å². The van der Waals surface area contributed by atoms with Crippen molar-refractivity contribution in [1.82, 2.24) is 20.2 Å². The predicted molar refractivity (Wildman–Crippen MR) is 120 cm³/mol. The Kier molecular flexibility index (Phi) is 5.90. The SMILES string of the molecule is Cc1ncnc(N2CC[C@@H]3C[C@@H](N4CCOCC4)CC[C@@]3(C(=O)NC3CCC3)C2)c1C. The van der Waals surface area contributed by atoms with E-state index in [4.69, 9.17) is 4.74 Å². The molecule has 2 saturated carbocycles. The van der Waals surface area contributed by atoms with E-state index in [1.165, 1.54) is 6.42 Å². The number of carbonyl (C=O) groups is 1. The lowest BCUT2D eigenvalue weighted by Crippen LogP contribution is -2.62. The fourth-order valence-corrected chi connectivity index (χ4v) is 6.19. The number of aromatic nitrogens is 2. The van der Waals surface area contributed by atoms with E-state index >= 15 is 0 Å². The van der Waals surface area contributed by atoms with Crippen LogP contribution in [0.5, 0.6) is 0 Å². The first-order chi connectivity index (χ1) is 15.1. The summed E-state index contributed by atoms with van der Waals surface area (Å²) >= 11 is 0. The van der Waals surface area contributed by atoms with Gasteiger partial charge < -0.3 is 15.0 Å². The monoisotopic (exact) mass is 427 g/mol. The number of nitrogens with zero attached hydrogens (tertiary/aromatic N) is 4. The molecule has 170 valence electrons. The molecule has 7 nitrogen and oxygen atoms in total. The molecular formula is C24H37N5O2. The van der Waals surface area contributed by atoms with E-state index in [1.54, 1.807) is 6.33 Å². The first kappa shape index (κ1) is 21.1. The highest BCUT2D eigenvalue weighted by molar-refractivity contribution is 5.84. The van der Waals surface area contributed by atoms with Crippen LogP contribution in [0.15, 0.2) is 6.33 Å². The van der Waals surface area contributed by atoms with Gasteiger partial charge in [-0.25, -0.2) is 9.97 Å². The second-order valence-electron chi connectivity index (χ2n) is 10.1. The minimum Gasteiger partial charge on any atom is -0.379 e. The smallest absolute Gasteiger partial charge is 0.228 e. The van der Waals surface area contributed by atoms with Crippen LogP contribution in [0.2, 0.25) is 0 Å². The van der Waals surface area contributed by atoms with Crippen LogP contribution in [0, 0.1) is 25.2 Å². The van der Waals surface area contributed by atoms with Gasteiger partial charge in [0, 0.05) is 49.5 Å². The maximum absolute atomic E-state index is 13.8. The quantitative estimate of drug-likeness (QED) is 0.796. The molecule has 3 heterocycles. The molecule has 1 aromatic rings. The topological polar surface area (TPSA) is 70.6 Å². The zero-order chi connectivity index (χ0) is 21.4. The summed E-state index contributed by atoms with van der Waals surface area (Å²) in [6.45, 7) is 9.64. The number of aryl methyl sites for hydroxylation is 1. The molecule has 0 spiro atoms. The zero-order valence-corrected chi connectivity index (χ0v) is 19.1. The lowest BCUT2D eigenvalue weighted by molar-refractivity contribution is -0.140. The molecule has 1 amide bonds. The molecule has 1 aromatic heterocycles. The molecule has 0 unspecified atom stereocenters. The van der Waals surface area contributed by atoms with Gasteiger partial charge in [-0.15, -0.1) is 0 Å². The molecule has 0 radical (unpaired) electrons. The Hall–Kier alpha value is -1.73. The van der Waals surface area contributed by atoms with Crippen molar-refractivity contribution in [3.05, 3.63) is 17.6 Å². The molecule has 2 aliphatic carbocycles. The summed E-state index contributed by atoms with van der Waals surface area (Å²) < 4.78 is 5.58. The normalized spacial score (nSPS) is 32.3. The number of morpholine rings is 1. The van der Waals surface area contributed by atoms with E-state index in [0.717, 1.165) is 95.0 Å². The molecule has 2 aliphatic heterocycles. The molecule has 3 atom stereocenters. The Labute approximate surface area is 185 Å². The van der Waals surface area contributed by atoms with Gasteiger partial charge in [0.25, 0.3) is 0 Å². The number of fused-ring (bicyclic) bond motifs is 1. The summed E-state index contributed by atoms with van der Waals surface area (Å²) in [5.74, 6) is 1.75. The third-order valence-electron chi connectivity index (χ3n) is 8.55. The molecule has 0 bridgehead atoms. The van der Waals surface area contributed by atoms with Crippen LogP contribution in [0.25, 0.3) is 0 Å². The Balaban J connectivity index is 1.39. The average molecular weight is 428 g/mol. The summed E-state index contributed by atoms with van der Waals surface area (Å²) in [6, 6.07) is 0.978. The van der Waals surface area contributed by atoms with E-state index in [-0.39, 0.29) is 5.41 Å². The van der Waals surface area contributed by atoms with E-state index in [1.807, 2.05) is 6.92 Å². The summed E-state index contributed by atoms with van der Waals surface area (Å²) in [5.41, 5.74) is 1.86. The Morgan fingerprint density at radius 1 is 1.13 bits per heavy atom. The van der Waals surface area contributed by atoms with Crippen LogP contribution in [0.1, 0.15) is 56.2 Å². The highest BCUT2D eigenvalue weighted by Gasteiger charge is 2.53. The minimum atomic E-state index is -0.304. The molecule has 2 saturated heterocycles. The third-order valence-corrected chi connectivity index (χ3v) is 8.55. The van der Waals surface area contributed by atoms with Crippen molar-refractivity contribution in [2.75, 3.05) is 44.3 Å². The summed E-state index contributed by atoms with van der Waals surface area (Å²) in [5, 5.41) is 3.44. The number of nitrogens with one attached hydrogen (secondary N) is 1. The fraction of sp³-hybridized carbons (Fsp3) is 0.792. The van der Waals surface area contributed by atoms with Crippen molar-refractivity contribution in [3.8, 4) is 0 Å². The zero-order valence-electron chi connectivity index (χ0n) is 19.1. The van der Waals surface area contributed by atoms with Gasteiger partial charge in [0.2, 0.25) is 5.91 Å². The maximum atomic E-state index is 13.8. The number of ether oxygens (including phenoxy) is 1. The average Bonchev–Trinajstić information content (AvgIpc) is 2.77. The van der Waals surface area contributed by atoms with Gasteiger partial charge in [-0.1, -0.05) is 0 Å². The molecule has 5 rings (SSSR count). The highest BCUT2D eigenvalue weighted by Crippen LogP contribution is 2.49. The van der Waals surface area contributed by atoms with Crippen molar-refractivity contribution in [2.45, 2.75) is 70.9 Å². The minimum absolute atomic E-state index is 0.302. The molecule has 4 aliphatic rings. The molecule has 7 heteroatoms. The molecule has 0 aromatic carbocycles. The Bertz CT molecular complexity index is 807. The van der Waals surface area contributed by atoms with E-state index in [2.05, 4.69) is 32.0 Å². The number of carbonyl (C=O) groups excluding carboxylic acids is 1. The lowest BCUT2D eigenvalue weighted by Gasteiger charge is -2.54. The van der Waals surface area contributed by atoms with Crippen molar-refractivity contribution in [1.29, 1.82) is 0 Å². The molecule has 1 N–H and O–H groups in total. The number of rotatable bonds is 4. The molecule has 31 heavy (non-hydrogen) atoms. The Morgan fingerprint density at radius 2 is 1.94 bits per heavy atom. The van der Waals surface area contributed by atoms with Crippen molar-refractivity contribution in [3.63, 3.8) is 0 Å². The summed E-state index contributed by atoms with van der Waals surface area (Å²) in [4.78, 5) is 27.7. The second kappa shape index (κ2) is 8.66. The number of hydrogen-bond donors (Lipinski definition) is 1. The van der Waals surface area contributed by atoms with Gasteiger partial charge in [0.1, 0.15) is 12.1 Å². The van der Waals surface area contributed by atoms with Crippen LogP contribution in [-0.2, 0) is 9.53 Å². The Morgan fingerprint density at radius 3 is 2.68 bits per heavy atom. The predicted octanol–water partition coefficient (Wildman–Crippen LogP) is 2.46. The number of hydrogen-bond acceptors (Lipinski definition) is 6. The van der Waals surface area contributed by atoms with Crippen molar-refractivity contribution >= 4 is 11.7 Å². The van der Waals surface area contributed by atoms with E-state index in [0.29, 0.717) is 23.9 Å². The van der Waals surface area contributed by atoms with Crippen LogP contribution in [0.3, 0.4) is 0 Å². The van der Waals surface area contributed by atoms with Gasteiger partial charge in [-0.2, -0.15) is 0 Å². The number of anilines is 1. The number of amides is 1. The van der Waals surface area contributed by atoms with Gasteiger partial charge >= 0.3 is 0 Å². The first-order valence-corrected chi connectivity index (χ1v) is 12.2. The van der Waals surface area contributed by atoms with Crippen LogP contribution < -0.4 is 10.2 Å². The van der Waals surface area contributed by atoms with Gasteiger partial charge in [-0.3, -0.25) is 9.69 Å². The second-order valence-corrected chi connectivity index (χ2v) is 10.1. The maximum Gasteiger partial charge on any atom is 0.228 e. The number of piperidine rings is 1. The van der Waals surface area contributed by atoms with Crippen LogP contribution >= 0.6 is 0 Å². The third kappa shape index (κ3) is 3.95. The molecular weight excluding hydrogens is 390 g/mol. The standard InChI is InChI=1S/C24H37N5O2/c1-17-18(2)25-16-26-22(17)29-9-7-19-14-21(28-10-12-31-13-11-28)6-8-24(19,15-29)23(30)27-20-4-3-5-20/h16,19-21H,3-15H2,1-2H3,(H,27,30)/t19-,21+,24-/m1/s1. The summed E-state index contributed by atoms with van der Waals surface area (Å²) in [6.07, 6.45) is 9.44. The van der Waals surface area contributed by atoms with Gasteiger partial charge in [0.15, 0.2) is 0 Å². The van der Waals surface area contributed by atoms with Crippen LogP contribution in [0.4, 0.5) is 5.82 Å². The van der Waals surface area contributed by atoms with E-state index in [9.17, 15) is 4.79 Å². The van der Waals surface area contributed by atoms with Crippen LogP contribution in [-0.4, -0.2) is 72.3 Å². The van der Waals surface area contributed by atoms with Gasteiger partial charge in [-0.05, 0) is 64.7 Å². The first-order valence-electron chi connectivity index (χ1n) is 12.2. The van der Waals surface area contributed by atoms with Crippen molar-refractivity contribution < 1.29 is 9.53 Å². The van der Waals surface area contributed by atoms with E-state index < -0.39 is 0 Å². The lowest BCUT2D eigenvalue weighted by atomic mass is 9.60. The largest absolute Gasteiger partial charge is 0.379 e. The fourth-order valence-electron chi connectivity index (χ4n) is 6.19. The molecule has 4 fully saturated rings. The summed E-state index contributed by atoms with van der Waals surface area (Å²) in [7, 11) is 0.